The van der Waals surface area contributed by atoms with Gasteiger partial charge >= 0.3 is 0 Å². The van der Waals surface area contributed by atoms with Crippen LogP contribution in [0.2, 0.25) is 0 Å². The van der Waals surface area contributed by atoms with Gasteiger partial charge in [-0.05, 0) is 12.0 Å². The zero-order valence-electron chi connectivity index (χ0n) is 10.9. The molecular formula is C12H17FN4O2. The average Bonchev–Trinajstić information content (AvgIpc) is 2.36. The van der Waals surface area contributed by atoms with Crippen LogP contribution in [0.1, 0.15) is 24.2 Å². The van der Waals surface area contributed by atoms with Gasteiger partial charge < -0.3 is 16.4 Å². The molecule has 0 bridgehead atoms. The van der Waals surface area contributed by atoms with Crippen LogP contribution in [-0.2, 0) is 4.79 Å². The summed E-state index contributed by atoms with van der Waals surface area (Å²) in [5.74, 6) is -1.37. The molecule has 0 aliphatic heterocycles. The van der Waals surface area contributed by atoms with Gasteiger partial charge in [0.15, 0.2) is 0 Å². The molecule has 0 atom stereocenters. The van der Waals surface area contributed by atoms with E-state index in [-0.39, 0.29) is 23.8 Å². The summed E-state index contributed by atoms with van der Waals surface area (Å²) in [5.41, 5.74) is 5.37. The Hall–Kier alpha value is -2.18. The summed E-state index contributed by atoms with van der Waals surface area (Å²) in [6.45, 7) is 4.25. The number of carbonyl (C=O) groups is 2. The van der Waals surface area contributed by atoms with Gasteiger partial charge in [-0.1, -0.05) is 13.8 Å². The summed E-state index contributed by atoms with van der Waals surface area (Å²) in [4.78, 5) is 26.6. The SMILES string of the molecule is CC(C)CNC(=O)CNC(=O)c1cc(F)cnc1N. The van der Waals surface area contributed by atoms with Crippen LogP contribution in [0.3, 0.4) is 0 Å². The Labute approximate surface area is 110 Å². The van der Waals surface area contributed by atoms with E-state index >= 15 is 0 Å². The van der Waals surface area contributed by atoms with Crippen molar-refractivity contribution >= 4 is 17.6 Å². The first-order valence-electron chi connectivity index (χ1n) is 5.86. The van der Waals surface area contributed by atoms with Crippen LogP contribution < -0.4 is 16.4 Å². The lowest BCUT2D eigenvalue weighted by Gasteiger charge is -2.09. The van der Waals surface area contributed by atoms with Gasteiger partial charge in [0.2, 0.25) is 5.91 Å². The second-order valence-electron chi connectivity index (χ2n) is 4.47. The summed E-state index contributed by atoms with van der Waals surface area (Å²) in [7, 11) is 0. The highest BCUT2D eigenvalue weighted by Crippen LogP contribution is 2.09. The van der Waals surface area contributed by atoms with Crippen molar-refractivity contribution in [1.29, 1.82) is 0 Å². The molecule has 0 unspecified atom stereocenters. The summed E-state index contributed by atoms with van der Waals surface area (Å²) in [6, 6.07) is 0.976. The molecule has 1 aromatic rings. The van der Waals surface area contributed by atoms with E-state index in [1.165, 1.54) is 0 Å². The van der Waals surface area contributed by atoms with Gasteiger partial charge in [-0.15, -0.1) is 0 Å². The number of nitrogens with two attached hydrogens (primary N) is 1. The van der Waals surface area contributed by atoms with Gasteiger partial charge in [0.05, 0.1) is 18.3 Å². The minimum absolute atomic E-state index is 0.0820. The lowest BCUT2D eigenvalue weighted by molar-refractivity contribution is -0.120. The number of nitrogens with one attached hydrogen (secondary N) is 2. The molecule has 2 amide bonds. The maximum atomic E-state index is 12.9. The molecule has 6 nitrogen and oxygen atoms in total. The molecule has 19 heavy (non-hydrogen) atoms. The lowest BCUT2D eigenvalue weighted by Crippen LogP contribution is -2.38. The Kier molecular flexibility index (Phi) is 5.23. The van der Waals surface area contributed by atoms with Crippen LogP contribution in [0.25, 0.3) is 0 Å². The maximum Gasteiger partial charge on any atom is 0.255 e. The number of carbonyl (C=O) groups excluding carboxylic acids is 2. The number of hydrogen-bond donors (Lipinski definition) is 3. The molecule has 0 saturated carbocycles. The van der Waals surface area contributed by atoms with E-state index in [2.05, 4.69) is 15.6 Å². The number of halogens is 1. The number of pyridine rings is 1. The van der Waals surface area contributed by atoms with E-state index in [0.717, 1.165) is 12.3 Å². The van der Waals surface area contributed by atoms with E-state index in [0.29, 0.717) is 12.5 Å². The average molecular weight is 268 g/mol. The molecule has 1 aromatic heterocycles. The van der Waals surface area contributed by atoms with E-state index in [9.17, 15) is 14.0 Å². The highest BCUT2D eigenvalue weighted by Gasteiger charge is 2.13. The molecule has 0 fully saturated rings. The molecule has 104 valence electrons. The van der Waals surface area contributed by atoms with Crippen molar-refractivity contribution in [3.05, 3.63) is 23.6 Å². The van der Waals surface area contributed by atoms with Crippen LogP contribution in [0.5, 0.6) is 0 Å². The van der Waals surface area contributed by atoms with Crippen LogP contribution in [0.15, 0.2) is 12.3 Å². The quantitative estimate of drug-likeness (QED) is 0.715. The first-order valence-corrected chi connectivity index (χ1v) is 5.86. The van der Waals surface area contributed by atoms with Crippen LogP contribution in [0, 0.1) is 11.7 Å². The Balaban J connectivity index is 2.51. The molecule has 0 aromatic carbocycles. The van der Waals surface area contributed by atoms with Gasteiger partial charge in [0, 0.05) is 6.54 Å². The van der Waals surface area contributed by atoms with Crippen LogP contribution in [0.4, 0.5) is 10.2 Å². The number of anilines is 1. The second-order valence-corrected chi connectivity index (χ2v) is 4.47. The number of hydrogen-bond acceptors (Lipinski definition) is 4. The molecular weight excluding hydrogens is 251 g/mol. The summed E-state index contributed by atoms with van der Waals surface area (Å²) < 4.78 is 12.9. The van der Waals surface area contributed by atoms with E-state index in [1.807, 2.05) is 13.8 Å². The van der Waals surface area contributed by atoms with Crippen molar-refractivity contribution in [3.63, 3.8) is 0 Å². The molecule has 7 heteroatoms. The molecule has 1 rings (SSSR count). The number of rotatable bonds is 5. The van der Waals surface area contributed by atoms with E-state index in [4.69, 9.17) is 5.73 Å². The number of nitrogen functional groups attached to an aromatic ring is 1. The van der Waals surface area contributed by atoms with E-state index in [1.54, 1.807) is 0 Å². The third kappa shape index (κ3) is 4.90. The molecule has 0 saturated heterocycles. The Morgan fingerprint density at radius 2 is 2.11 bits per heavy atom. The standard InChI is InChI=1S/C12H17FN4O2/c1-7(2)4-15-10(18)6-17-12(19)9-3-8(13)5-16-11(9)14/h3,5,7H,4,6H2,1-2H3,(H2,14,16)(H,15,18)(H,17,19). The van der Waals surface area contributed by atoms with Crippen LogP contribution >= 0.6 is 0 Å². The van der Waals surface area contributed by atoms with Crippen molar-refractivity contribution < 1.29 is 14.0 Å². The second kappa shape index (κ2) is 6.67. The third-order valence-corrected chi connectivity index (χ3v) is 2.25. The van der Waals surface area contributed by atoms with Gasteiger partial charge in [-0.25, -0.2) is 9.37 Å². The smallest absolute Gasteiger partial charge is 0.255 e. The summed E-state index contributed by atoms with van der Waals surface area (Å²) >= 11 is 0. The predicted molar refractivity (Wildman–Crippen MR) is 68.8 cm³/mol. The van der Waals surface area contributed by atoms with Crippen molar-refractivity contribution in [1.82, 2.24) is 15.6 Å². The van der Waals surface area contributed by atoms with Crippen molar-refractivity contribution in [3.8, 4) is 0 Å². The fourth-order valence-corrected chi connectivity index (χ4v) is 1.27. The minimum Gasteiger partial charge on any atom is -0.383 e. The summed E-state index contributed by atoms with van der Waals surface area (Å²) in [5, 5.41) is 4.99. The minimum atomic E-state index is -0.663. The number of amides is 2. The fourth-order valence-electron chi connectivity index (χ4n) is 1.27. The first kappa shape index (κ1) is 14.9. The maximum absolute atomic E-state index is 12.9. The van der Waals surface area contributed by atoms with E-state index < -0.39 is 11.7 Å². The first-order chi connectivity index (χ1) is 8.90. The van der Waals surface area contributed by atoms with Crippen LogP contribution in [-0.4, -0.2) is 29.9 Å². The topological polar surface area (TPSA) is 97.1 Å². The highest BCUT2D eigenvalue weighted by molar-refractivity contribution is 5.99. The molecule has 0 aliphatic rings. The van der Waals surface area contributed by atoms with Crippen molar-refractivity contribution in [2.45, 2.75) is 13.8 Å². The zero-order valence-corrected chi connectivity index (χ0v) is 10.9. The van der Waals surface area contributed by atoms with Gasteiger partial charge in [-0.2, -0.15) is 0 Å². The predicted octanol–water partition coefficient (Wildman–Crippen LogP) is 0.305. The fraction of sp³-hybridized carbons (Fsp3) is 0.417. The molecule has 1 heterocycles. The third-order valence-electron chi connectivity index (χ3n) is 2.25. The number of nitrogens with zero attached hydrogens (tertiary/aromatic N) is 1. The Morgan fingerprint density at radius 1 is 1.42 bits per heavy atom. The van der Waals surface area contributed by atoms with Crippen molar-refractivity contribution in [2.75, 3.05) is 18.8 Å². The molecule has 0 spiro atoms. The molecule has 0 aliphatic carbocycles. The van der Waals surface area contributed by atoms with Gasteiger partial charge in [0.25, 0.3) is 5.91 Å². The molecule has 0 radical (unpaired) electrons. The van der Waals surface area contributed by atoms with Crippen molar-refractivity contribution in [2.24, 2.45) is 5.92 Å². The normalized spacial score (nSPS) is 10.3. The summed E-state index contributed by atoms with van der Waals surface area (Å²) in [6.07, 6.45) is 0.918. The van der Waals surface area contributed by atoms with Gasteiger partial charge in [0.1, 0.15) is 11.6 Å². The number of aromatic nitrogens is 1. The largest absolute Gasteiger partial charge is 0.383 e. The van der Waals surface area contributed by atoms with Gasteiger partial charge in [-0.3, -0.25) is 9.59 Å². The highest BCUT2D eigenvalue weighted by atomic mass is 19.1. The lowest BCUT2D eigenvalue weighted by atomic mass is 10.2. The zero-order chi connectivity index (χ0) is 14.4. The Bertz CT molecular complexity index is 477. The molecule has 4 N–H and O–H groups in total. The monoisotopic (exact) mass is 268 g/mol. The Morgan fingerprint density at radius 3 is 2.74 bits per heavy atom.